The van der Waals surface area contributed by atoms with E-state index in [1.54, 1.807) is 13.8 Å². The zero-order valence-corrected chi connectivity index (χ0v) is 12.4. The molecule has 5 N–H and O–H groups in total. The van der Waals surface area contributed by atoms with Crippen LogP contribution in [0.25, 0.3) is 0 Å². The van der Waals surface area contributed by atoms with Crippen molar-refractivity contribution in [1.82, 2.24) is 10.6 Å². The van der Waals surface area contributed by atoms with E-state index in [0.29, 0.717) is 6.42 Å². The van der Waals surface area contributed by atoms with Gasteiger partial charge in [-0.3, -0.25) is 14.4 Å². The van der Waals surface area contributed by atoms with Gasteiger partial charge in [0.15, 0.2) is 0 Å². The van der Waals surface area contributed by atoms with E-state index in [9.17, 15) is 19.5 Å². The Hall–Kier alpha value is -1.67. The number of carbonyl (C=O) groups is 3. The number of hydrogen-bond donors (Lipinski definition) is 5. The van der Waals surface area contributed by atoms with E-state index in [1.807, 2.05) is 0 Å². The normalized spacial score (nSPS) is 12.6. The molecule has 0 radical (unpaired) electrons. The third-order valence-corrected chi connectivity index (χ3v) is 2.94. The number of aliphatic hydroxyl groups excluding tert-OH is 2. The Morgan fingerprint density at radius 3 is 2.24 bits per heavy atom. The molecule has 0 heterocycles. The number of rotatable bonds is 10. The molecule has 0 aliphatic carbocycles. The van der Waals surface area contributed by atoms with Crippen LogP contribution >= 0.6 is 0 Å². The second-order valence-electron chi connectivity index (χ2n) is 5.44. The SMILES string of the molecule is CC(C)(CO)[C@H](O)C(=O)NCCC(=O)NCCCC(=O)O. The van der Waals surface area contributed by atoms with E-state index >= 15 is 0 Å². The summed E-state index contributed by atoms with van der Waals surface area (Å²) in [4.78, 5) is 33.2. The summed E-state index contributed by atoms with van der Waals surface area (Å²) in [6.45, 7) is 3.08. The van der Waals surface area contributed by atoms with Gasteiger partial charge >= 0.3 is 5.97 Å². The highest BCUT2D eigenvalue weighted by molar-refractivity contribution is 5.82. The third kappa shape index (κ3) is 8.26. The molecule has 0 aromatic rings. The van der Waals surface area contributed by atoms with Crippen LogP contribution in [-0.4, -0.2) is 58.9 Å². The lowest BCUT2D eigenvalue weighted by molar-refractivity contribution is -0.138. The van der Waals surface area contributed by atoms with E-state index in [0.717, 1.165) is 0 Å². The molecule has 0 saturated carbocycles. The summed E-state index contributed by atoms with van der Waals surface area (Å²) in [6.07, 6.45) is -0.998. The van der Waals surface area contributed by atoms with Gasteiger partial charge in [0.1, 0.15) is 6.10 Å². The van der Waals surface area contributed by atoms with Gasteiger partial charge in [0.25, 0.3) is 0 Å². The Balaban J connectivity index is 3.85. The zero-order valence-electron chi connectivity index (χ0n) is 12.4. The van der Waals surface area contributed by atoms with Crippen molar-refractivity contribution in [3.8, 4) is 0 Å². The molecule has 0 aliphatic heterocycles. The maximum absolute atomic E-state index is 11.6. The monoisotopic (exact) mass is 304 g/mol. The average molecular weight is 304 g/mol. The van der Waals surface area contributed by atoms with Crippen molar-refractivity contribution in [3.63, 3.8) is 0 Å². The van der Waals surface area contributed by atoms with Crippen LogP contribution in [0.4, 0.5) is 0 Å². The summed E-state index contributed by atoms with van der Waals surface area (Å²) in [5, 5.41) is 32.1. The van der Waals surface area contributed by atoms with Gasteiger partial charge in [-0.25, -0.2) is 0 Å². The predicted molar refractivity (Wildman–Crippen MR) is 74.4 cm³/mol. The van der Waals surface area contributed by atoms with Crippen LogP contribution in [0.3, 0.4) is 0 Å². The fourth-order valence-corrected chi connectivity index (χ4v) is 1.39. The summed E-state index contributed by atoms with van der Waals surface area (Å²) < 4.78 is 0. The van der Waals surface area contributed by atoms with Gasteiger partial charge in [-0.15, -0.1) is 0 Å². The number of nitrogens with one attached hydrogen (secondary N) is 2. The highest BCUT2D eigenvalue weighted by Gasteiger charge is 2.32. The van der Waals surface area contributed by atoms with Crippen LogP contribution in [0, 0.1) is 5.41 Å². The largest absolute Gasteiger partial charge is 0.481 e. The molecule has 0 fully saturated rings. The number of aliphatic hydroxyl groups is 2. The summed E-state index contributed by atoms with van der Waals surface area (Å²) >= 11 is 0. The number of carboxylic acids is 1. The lowest BCUT2D eigenvalue weighted by atomic mass is 9.87. The van der Waals surface area contributed by atoms with Crippen molar-refractivity contribution in [2.45, 2.75) is 39.2 Å². The second kappa shape index (κ2) is 9.30. The van der Waals surface area contributed by atoms with E-state index in [-0.39, 0.29) is 38.4 Å². The Morgan fingerprint density at radius 1 is 1.10 bits per heavy atom. The molecule has 8 nitrogen and oxygen atoms in total. The standard InChI is InChI=1S/C13H24N2O6/c1-13(2,8-16)11(20)12(21)15-7-5-9(17)14-6-3-4-10(18)19/h11,16,20H,3-8H2,1-2H3,(H,14,17)(H,15,21)(H,18,19)/t11-/m1/s1. The van der Waals surface area contributed by atoms with E-state index in [2.05, 4.69) is 10.6 Å². The van der Waals surface area contributed by atoms with Crippen molar-refractivity contribution in [2.75, 3.05) is 19.7 Å². The van der Waals surface area contributed by atoms with Gasteiger partial charge in [0, 0.05) is 31.3 Å². The van der Waals surface area contributed by atoms with Crippen LogP contribution in [0.15, 0.2) is 0 Å². The van der Waals surface area contributed by atoms with Crippen LogP contribution in [0.2, 0.25) is 0 Å². The number of carboxylic acid groups (broad SMARTS) is 1. The molecule has 21 heavy (non-hydrogen) atoms. The number of hydrogen-bond acceptors (Lipinski definition) is 5. The minimum Gasteiger partial charge on any atom is -0.481 e. The zero-order chi connectivity index (χ0) is 16.5. The van der Waals surface area contributed by atoms with Gasteiger partial charge in [-0.1, -0.05) is 13.8 Å². The molecular formula is C13H24N2O6. The first-order chi connectivity index (χ1) is 9.70. The summed E-state index contributed by atoms with van der Waals surface area (Å²) in [6, 6.07) is 0. The van der Waals surface area contributed by atoms with Gasteiger partial charge in [-0.2, -0.15) is 0 Å². The topological polar surface area (TPSA) is 136 Å². The lowest BCUT2D eigenvalue weighted by Crippen LogP contribution is -2.46. The molecule has 0 aromatic heterocycles. The highest BCUT2D eigenvalue weighted by atomic mass is 16.4. The molecule has 8 heteroatoms. The number of carbonyl (C=O) groups excluding carboxylic acids is 2. The first-order valence-electron chi connectivity index (χ1n) is 6.76. The molecule has 2 amide bonds. The molecule has 0 bridgehead atoms. The van der Waals surface area contributed by atoms with E-state index < -0.39 is 23.4 Å². The molecule has 0 rings (SSSR count). The summed E-state index contributed by atoms with van der Waals surface area (Å²) in [5.74, 6) is -1.87. The molecule has 0 saturated heterocycles. The van der Waals surface area contributed by atoms with Crippen LogP contribution in [0.5, 0.6) is 0 Å². The quantitative estimate of drug-likeness (QED) is 0.323. The van der Waals surface area contributed by atoms with Gasteiger partial charge in [0.2, 0.25) is 11.8 Å². The molecule has 122 valence electrons. The fourth-order valence-electron chi connectivity index (χ4n) is 1.39. The summed E-state index contributed by atoms with van der Waals surface area (Å²) in [7, 11) is 0. The lowest BCUT2D eigenvalue weighted by Gasteiger charge is -2.27. The maximum Gasteiger partial charge on any atom is 0.303 e. The average Bonchev–Trinajstić information content (AvgIpc) is 2.42. The maximum atomic E-state index is 11.6. The fraction of sp³-hybridized carbons (Fsp3) is 0.769. The smallest absolute Gasteiger partial charge is 0.303 e. The highest BCUT2D eigenvalue weighted by Crippen LogP contribution is 2.19. The molecule has 0 aromatic carbocycles. The molecule has 1 atom stereocenters. The Kier molecular flexibility index (Phi) is 8.56. The second-order valence-corrected chi connectivity index (χ2v) is 5.44. The number of amides is 2. The van der Waals surface area contributed by atoms with Gasteiger partial charge in [-0.05, 0) is 6.42 Å². The van der Waals surface area contributed by atoms with Crippen LogP contribution in [-0.2, 0) is 14.4 Å². The summed E-state index contributed by atoms with van der Waals surface area (Å²) in [5.41, 5.74) is -0.955. The minimum atomic E-state index is -1.36. The number of aliphatic carboxylic acids is 1. The first kappa shape index (κ1) is 19.3. The van der Waals surface area contributed by atoms with E-state index in [4.69, 9.17) is 10.2 Å². The Morgan fingerprint density at radius 2 is 1.71 bits per heavy atom. The molecule has 0 unspecified atom stereocenters. The van der Waals surface area contributed by atoms with Crippen molar-refractivity contribution < 1.29 is 29.7 Å². The Bertz CT molecular complexity index is 370. The first-order valence-corrected chi connectivity index (χ1v) is 6.76. The molecule has 0 aliphatic rings. The predicted octanol–water partition coefficient (Wildman–Crippen LogP) is -1.15. The van der Waals surface area contributed by atoms with E-state index in [1.165, 1.54) is 0 Å². The van der Waals surface area contributed by atoms with Gasteiger partial charge in [0.05, 0.1) is 6.61 Å². The van der Waals surface area contributed by atoms with Crippen molar-refractivity contribution in [1.29, 1.82) is 0 Å². The van der Waals surface area contributed by atoms with Crippen molar-refractivity contribution >= 4 is 17.8 Å². The minimum absolute atomic E-state index is 0.0144. The molecule has 0 spiro atoms. The Labute approximate surface area is 123 Å². The van der Waals surface area contributed by atoms with Crippen LogP contribution < -0.4 is 10.6 Å². The van der Waals surface area contributed by atoms with Crippen molar-refractivity contribution in [2.24, 2.45) is 5.41 Å². The van der Waals surface area contributed by atoms with Crippen LogP contribution in [0.1, 0.15) is 33.1 Å². The molecular weight excluding hydrogens is 280 g/mol. The van der Waals surface area contributed by atoms with Crippen molar-refractivity contribution in [3.05, 3.63) is 0 Å². The van der Waals surface area contributed by atoms with Gasteiger partial charge < -0.3 is 26.0 Å². The third-order valence-electron chi connectivity index (χ3n) is 2.94.